The zero-order chi connectivity index (χ0) is 22.3. The molecule has 160 valence electrons. The molecule has 0 bridgehead atoms. The third kappa shape index (κ3) is 6.95. The van der Waals surface area contributed by atoms with E-state index >= 15 is 0 Å². The van der Waals surface area contributed by atoms with E-state index in [1.807, 2.05) is 18.2 Å². The number of rotatable bonds is 8. The first-order valence-electron chi connectivity index (χ1n) is 9.29. The fourth-order valence-corrected chi connectivity index (χ4v) is 3.23. The van der Waals surface area contributed by atoms with Gasteiger partial charge < -0.3 is 15.4 Å². The van der Waals surface area contributed by atoms with Gasteiger partial charge in [0.15, 0.2) is 6.61 Å². The molecule has 4 N–H and O–H groups in total. The predicted molar refractivity (Wildman–Crippen MR) is 117 cm³/mol. The van der Waals surface area contributed by atoms with E-state index in [1.54, 1.807) is 36.4 Å². The highest BCUT2D eigenvalue weighted by molar-refractivity contribution is 7.89. The number of para-hydroxylation sites is 1. The smallest absolute Gasteiger partial charge is 0.262 e. The summed E-state index contributed by atoms with van der Waals surface area (Å²) in [5.41, 5.74) is 1.82. The van der Waals surface area contributed by atoms with E-state index in [1.165, 1.54) is 24.3 Å². The van der Waals surface area contributed by atoms with Crippen LogP contribution in [0.4, 0.5) is 11.4 Å². The minimum absolute atomic E-state index is 0.0159. The largest absolute Gasteiger partial charge is 0.484 e. The number of anilines is 2. The molecule has 0 heterocycles. The Balaban J connectivity index is 1.52. The summed E-state index contributed by atoms with van der Waals surface area (Å²) < 4.78 is 28.1. The molecule has 3 aromatic rings. The van der Waals surface area contributed by atoms with Crippen LogP contribution in [0, 0.1) is 0 Å². The lowest BCUT2D eigenvalue weighted by Crippen LogP contribution is -2.20. The Morgan fingerprint density at radius 2 is 1.45 bits per heavy atom. The molecule has 2 amide bonds. The maximum absolute atomic E-state index is 12.3. The lowest BCUT2D eigenvalue weighted by Gasteiger charge is -2.10. The van der Waals surface area contributed by atoms with Crippen LogP contribution in [0.25, 0.3) is 0 Å². The Kier molecular flexibility index (Phi) is 7.01. The molecule has 3 rings (SSSR count). The molecule has 0 unspecified atom stereocenters. The summed E-state index contributed by atoms with van der Waals surface area (Å²) in [4.78, 5) is 24.3. The number of benzene rings is 3. The van der Waals surface area contributed by atoms with Crippen molar-refractivity contribution in [2.45, 2.75) is 11.3 Å². The van der Waals surface area contributed by atoms with E-state index in [-0.39, 0.29) is 29.7 Å². The molecule has 8 nitrogen and oxygen atoms in total. The van der Waals surface area contributed by atoms with Crippen LogP contribution in [0.15, 0.2) is 83.8 Å². The van der Waals surface area contributed by atoms with E-state index in [4.69, 9.17) is 9.88 Å². The van der Waals surface area contributed by atoms with Gasteiger partial charge in [-0.1, -0.05) is 36.4 Å². The summed E-state index contributed by atoms with van der Waals surface area (Å²) in [6, 6.07) is 21.5. The molecule has 0 spiro atoms. The van der Waals surface area contributed by atoms with Gasteiger partial charge in [0.2, 0.25) is 15.9 Å². The van der Waals surface area contributed by atoms with E-state index < -0.39 is 10.0 Å². The fourth-order valence-electron chi connectivity index (χ4n) is 2.72. The van der Waals surface area contributed by atoms with Crippen LogP contribution >= 0.6 is 0 Å². The normalized spacial score (nSPS) is 10.9. The lowest BCUT2D eigenvalue weighted by atomic mass is 10.1. The third-order valence-corrected chi connectivity index (χ3v) is 5.09. The lowest BCUT2D eigenvalue weighted by molar-refractivity contribution is -0.118. The molecule has 0 aliphatic heterocycles. The first kappa shape index (κ1) is 22.0. The standard InChI is InChI=1S/C22H21N3O5S/c23-31(28,29)20-11-9-16(10-12-20)13-21(26)25-18-7-4-8-19(14-18)30-15-22(27)24-17-5-2-1-3-6-17/h1-12,14H,13,15H2,(H,24,27)(H,25,26)(H2,23,28,29). The second kappa shape index (κ2) is 9.88. The minimum Gasteiger partial charge on any atom is -0.484 e. The Morgan fingerprint density at radius 1 is 0.806 bits per heavy atom. The Labute approximate surface area is 180 Å². The van der Waals surface area contributed by atoms with E-state index in [2.05, 4.69) is 10.6 Å². The van der Waals surface area contributed by atoms with Gasteiger partial charge in [-0.2, -0.15) is 0 Å². The summed E-state index contributed by atoms with van der Waals surface area (Å²) in [6.45, 7) is -0.178. The van der Waals surface area contributed by atoms with Crippen LogP contribution < -0.4 is 20.5 Å². The molecule has 9 heteroatoms. The number of primary sulfonamides is 1. The maximum Gasteiger partial charge on any atom is 0.262 e. The molecule has 0 aromatic heterocycles. The number of hydrogen-bond donors (Lipinski definition) is 3. The zero-order valence-corrected chi connectivity index (χ0v) is 17.3. The topological polar surface area (TPSA) is 128 Å². The van der Waals surface area contributed by atoms with Crippen molar-refractivity contribution >= 4 is 33.2 Å². The summed E-state index contributed by atoms with van der Waals surface area (Å²) in [7, 11) is -3.77. The van der Waals surface area contributed by atoms with Crippen molar-refractivity contribution in [1.82, 2.24) is 0 Å². The van der Waals surface area contributed by atoms with Crippen LogP contribution in [0.5, 0.6) is 5.75 Å². The number of hydrogen-bond acceptors (Lipinski definition) is 5. The number of carbonyl (C=O) groups excluding carboxylic acids is 2. The quantitative estimate of drug-likeness (QED) is 0.497. The number of ether oxygens (including phenoxy) is 1. The average Bonchev–Trinajstić information content (AvgIpc) is 2.73. The molecule has 0 radical (unpaired) electrons. The Morgan fingerprint density at radius 3 is 2.13 bits per heavy atom. The van der Waals surface area contributed by atoms with E-state index in [0.717, 1.165) is 0 Å². The van der Waals surface area contributed by atoms with Crippen molar-refractivity contribution in [2.75, 3.05) is 17.2 Å². The molecule has 0 saturated carbocycles. The summed E-state index contributed by atoms with van der Waals surface area (Å²) in [6.07, 6.45) is 0.0511. The number of carbonyl (C=O) groups is 2. The third-order valence-electron chi connectivity index (χ3n) is 4.16. The van der Waals surface area contributed by atoms with Crippen molar-refractivity contribution in [3.8, 4) is 5.75 Å². The minimum atomic E-state index is -3.77. The van der Waals surface area contributed by atoms with E-state index in [0.29, 0.717) is 22.7 Å². The van der Waals surface area contributed by atoms with Gasteiger partial charge >= 0.3 is 0 Å². The first-order valence-corrected chi connectivity index (χ1v) is 10.8. The summed E-state index contributed by atoms with van der Waals surface area (Å²) >= 11 is 0. The highest BCUT2D eigenvalue weighted by Gasteiger charge is 2.10. The number of amides is 2. The van der Waals surface area contributed by atoms with Gasteiger partial charge in [0.05, 0.1) is 11.3 Å². The van der Waals surface area contributed by atoms with Gasteiger partial charge in [-0.15, -0.1) is 0 Å². The second-order valence-corrected chi connectivity index (χ2v) is 8.21. The molecule has 0 fully saturated rings. The highest BCUT2D eigenvalue weighted by atomic mass is 32.2. The van der Waals surface area contributed by atoms with Crippen molar-refractivity contribution in [1.29, 1.82) is 0 Å². The van der Waals surface area contributed by atoms with Crippen LogP contribution in [-0.2, 0) is 26.0 Å². The molecule has 0 aliphatic carbocycles. The number of sulfonamides is 1. The summed E-state index contributed by atoms with van der Waals surface area (Å²) in [5.74, 6) is -0.163. The Hall–Kier alpha value is -3.69. The number of nitrogens with two attached hydrogens (primary N) is 1. The SMILES string of the molecule is NS(=O)(=O)c1ccc(CC(=O)Nc2cccc(OCC(=O)Nc3ccccc3)c2)cc1. The van der Waals surface area contributed by atoms with Gasteiger partial charge in [0.25, 0.3) is 5.91 Å². The van der Waals surface area contributed by atoms with Gasteiger partial charge in [-0.25, -0.2) is 13.6 Å². The number of nitrogens with one attached hydrogen (secondary N) is 2. The summed E-state index contributed by atoms with van der Waals surface area (Å²) in [5, 5.41) is 10.5. The molecule has 0 saturated heterocycles. The molecule has 0 aliphatic rings. The highest BCUT2D eigenvalue weighted by Crippen LogP contribution is 2.18. The van der Waals surface area contributed by atoms with Crippen molar-refractivity contribution in [3.05, 3.63) is 84.4 Å². The Bertz CT molecular complexity index is 1160. The van der Waals surface area contributed by atoms with Crippen LogP contribution in [0.3, 0.4) is 0 Å². The molecule has 31 heavy (non-hydrogen) atoms. The fraction of sp³-hybridized carbons (Fsp3) is 0.0909. The maximum atomic E-state index is 12.3. The van der Waals surface area contributed by atoms with Crippen LogP contribution in [0.1, 0.15) is 5.56 Å². The monoisotopic (exact) mass is 439 g/mol. The predicted octanol–water partition coefficient (Wildman–Crippen LogP) is 2.53. The van der Waals surface area contributed by atoms with Gasteiger partial charge in [0, 0.05) is 17.4 Å². The van der Waals surface area contributed by atoms with Gasteiger partial charge in [-0.05, 0) is 42.0 Å². The van der Waals surface area contributed by atoms with Gasteiger partial charge in [0.1, 0.15) is 5.75 Å². The average molecular weight is 439 g/mol. The van der Waals surface area contributed by atoms with Crippen molar-refractivity contribution < 1.29 is 22.7 Å². The van der Waals surface area contributed by atoms with E-state index in [9.17, 15) is 18.0 Å². The van der Waals surface area contributed by atoms with Crippen LogP contribution in [-0.4, -0.2) is 26.8 Å². The van der Waals surface area contributed by atoms with Crippen molar-refractivity contribution in [2.24, 2.45) is 5.14 Å². The van der Waals surface area contributed by atoms with Crippen LogP contribution in [0.2, 0.25) is 0 Å². The molecule has 0 atom stereocenters. The molecular weight excluding hydrogens is 418 g/mol. The first-order chi connectivity index (χ1) is 14.8. The molecular formula is C22H21N3O5S. The van der Waals surface area contributed by atoms with Crippen molar-refractivity contribution in [3.63, 3.8) is 0 Å². The zero-order valence-electron chi connectivity index (χ0n) is 16.4. The second-order valence-electron chi connectivity index (χ2n) is 6.64. The van der Waals surface area contributed by atoms with Gasteiger partial charge in [-0.3, -0.25) is 9.59 Å². The molecule has 3 aromatic carbocycles.